The van der Waals surface area contributed by atoms with Crippen LogP contribution in [-0.2, 0) is 6.42 Å². The summed E-state index contributed by atoms with van der Waals surface area (Å²) in [5.74, 6) is 5.46. The molecule has 1 aromatic carbocycles. The van der Waals surface area contributed by atoms with Crippen molar-refractivity contribution in [2.45, 2.75) is 20.3 Å². The number of hydrogen-bond donors (Lipinski definition) is 0. The van der Waals surface area contributed by atoms with E-state index in [1.807, 2.05) is 0 Å². The van der Waals surface area contributed by atoms with Crippen LogP contribution in [0.15, 0.2) is 12.1 Å². The van der Waals surface area contributed by atoms with Crippen LogP contribution in [0.1, 0.15) is 29.8 Å². The van der Waals surface area contributed by atoms with E-state index in [0.29, 0.717) is 17.5 Å². The van der Waals surface area contributed by atoms with Crippen LogP contribution in [0.4, 0.5) is 5.69 Å². The number of ketones is 1. The van der Waals surface area contributed by atoms with Crippen LogP contribution in [-0.4, -0.2) is 17.8 Å². The average molecular weight is 247 g/mol. The minimum atomic E-state index is -0.569. The molecule has 0 unspecified atom stereocenters. The molecule has 0 aliphatic carbocycles. The highest BCUT2D eigenvalue weighted by molar-refractivity contribution is 5.96. The molecule has 0 heterocycles. The van der Waals surface area contributed by atoms with Gasteiger partial charge >= 0.3 is 5.69 Å². The lowest BCUT2D eigenvalue weighted by molar-refractivity contribution is -0.385. The molecule has 1 aromatic rings. The number of carbonyl (C=O) groups is 1. The van der Waals surface area contributed by atoms with E-state index in [4.69, 9.17) is 4.74 Å². The molecule has 0 aromatic heterocycles. The zero-order chi connectivity index (χ0) is 13.7. The molecule has 0 saturated carbocycles. The highest BCUT2D eigenvalue weighted by atomic mass is 16.6. The Kier molecular flexibility index (Phi) is 4.44. The Morgan fingerprint density at radius 3 is 2.61 bits per heavy atom. The Labute approximate surface area is 105 Å². The Hall–Kier alpha value is -2.35. The van der Waals surface area contributed by atoms with Gasteiger partial charge in [0.15, 0.2) is 11.5 Å². The van der Waals surface area contributed by atoms with Crippen LogP contribution in [0.2, 0.25) is 0 Å². The van der Waals surface area contributed by atoms with Crippen molar-refractivity contribution in [1.82, 2.24) is 0 Å². The number of nitro groups is 1. The van der Waals surface area contributed by atoms with Gasteiger partial charge in [-0.05, 0) is 25.5 Å². The van der Waals surface area contributed by atoms with Crippen molar-refractivity contribution in [2.24, 2.45) is 0 Å². The predicted molar refractivity (Wildman–Crippen MR) is 66.8 cm³/mol. The third-order valence-electron chi connectivity index (χ3n) is 2.44. The topological polar surface area (TPSA) is 69.4 Å². The smallest absolute Gasteiger partial charge is 0.311 e. The fourth-order valence-electron chi connectivity index (χ4n) is 1.57. The van der Waals surface area contributed by atoms with Crippen molar-refractivity contribution < 1.29 is 14.5 Å². The first-order chi connectivity index (χ1) is 8.51. The SMILES string of the molecule is CC#CCc1cc(OC)c([N+](=O)[O-])cc1C(C)=O. The Morgan fingerprint density at radius 2 is 2.17 bits per heavy atom. The molecule has 5 nitrogen and oxygen atoms in total. The first kappa shape index (κ1) is 13.7. The minimum absolute atomic E-state index is 0.137. The fourth-order valence-corrected chi connectivity index (χ4v) is 1.57. The first-order valence-electron chi connectivity index (χ1n) is 5.27. The summed E-state index contributed by atoms with van der Waals surface area (Å²) in [5, 5.41) is 10.9. The Balaban J connectivity index is 3.44. The molecule has 5 heteroatoms. The molecule has 0 radical (unpaired) electrons. The number of Topliss-reactive ketones (excluding diaryl/α,β-unsaturated/α-hetero) is 1. The van der Waals surface area contributed by atoms with Gasteiger partial charge in [0.05, 0.1) is 12.0 Å². The first-order valence-corrected chi connectivity index (χ1v) is 5.27. The standard InChI is InChI=1S/C13H13NO4/c1-4-5-6-10-7-13(18-3)12(14(16)17)8-11(10)9(2)15/h7-8H,6H2,1-3H3. The highest BCUT2D eigenvalue weighted by Gasteiger charge is 2.20. The second-order valence-corrected chi connectivity index (χ2v) is 3.60. The molecule has 1 rings (SSSR count). The van der Waals surface area contributed by atoms with E-state index in [9.17, 15) is 14.9 Å². The van der Waals surface area contributed by atoms with E-state index in [2.05, 4.69) is 11.8 Å². The zero-order valence-electron chi connectivity index (χ0n) is 10.4. The molecule has 0 bridgehead atoms. The van der Waals surface area contributed by atoms with Crippen LogP contribution in [0.3, 0.4) is 0 Å². The van der Waals surface area contributed by atoms with Crippen molar-refractivity contribution in [3.8, 4) is 17.6 Å². The molecular weight excluding hydrogens is 234 g/mol. The molecule has 0 aliphatic heterocycles. The second kappa shape index (κ2) is 5.82. The van der Waals surface area contributed by atoms with E-state index >= 15 is 0 Å². The van der Waals surface area contributed by atoms with Gasteiger partial charge in [0.1, 0.15) is 0 Å². The molecule has 0 spiro atoms. The van der Waals surface area contributed by atoms with Crippen molar-refractivity contribution in [1.29, 1.82) is 0 Å². The van der Waals surface area contributed by atoms with Gasteiger partial charge in [-0.1, -0.05) is 5.92 Å². The minimum Gasteiger partial charge on any atom is -0.490 e. The van der Waals surface area contributed by atoms with Crippen LogP contribution in [0.5, 0.6) is 5.75 Å². The van der Waals surface area contributed by atoms with E-state index < -0.39 is 4.92 Å². The maximum Gasteiger partial charge on any atom is 0.311 e. The van der Waals surface area contributed by atoms with Crippen molar-refractivity contribution in [3.05, 3.63) is 33.4 Å². The monoisotopic (exact) mass is 247 g/mol. The van der Waals surface area contributed by atoms with Crippen molar-refractivity contribution in [2.75, 3.05) is 7.11 Å². The lowest BCUT2D eigenvalue weighted by atomic mass is 10.00. The van der Waals surface area contributed by atoms with Crippen LogP contribution >= 0.6 is 0 Å². The third-order valence-corrected chi connectivity index (χ3v) is 2.44. The summed E-state index contributed by atoms with van der Waals surface area (Å²) >= 11 is 0. The maximum atomic E-state index is 11.5. The number of carbonyl (C=O) groups excluding carboxylic acids is 1. The summed E-state index contributed by atoms with van der Waals surface area (Å²) in [6.07, 6.45) is 0.361. The summed E-state index contributed by atoms with van der Waals surface area (Å²) in [7, 11) is 1.35. The van der Waals surface area contributed by atoms with Gasteiger partial charge in [0.2, 0.25) is 0 Å². The van der Waals surface area contributed by atoms with Gasteiger partial charge in [-0.15, -0.1) is 5.92 Å². The summed E-state index contributed by atoms with van der Waals surface area (Å²) in [6.45, 7) is 3.06. The Morgan fingerprint density at radius 1 is 1.50 bits per heavy atom. The molecule has 0 fully saturated rings. The number of benzene rings is 1. The quantitative estimate of drug-likeness (QED) is 0.354. The number of hydrogen-bond acceptors (Lipinski definition) is 4. The fraction of sp³-hybridized carbons (Fsp3) is 0.308. The molecule has 0 N–H and O–H groups in total. The van der Waals surface area contributed by atoms with Gasteiger partial charge < -0.3 is 4.74 Å². The molecule has 18 heavy (non-hydrogen) atoms. The lowest BCUT2D eigenvalue weighted by Gasteiger charge is -2.08. The van der Waals surface area contributed by atoms with E-state index in [1.54, 1.807) is 6.92 Å². The number of methoxy groups -OCH3 is 1. The number of ether oxygens (including phenoxy) is 1. The van der Waals surface area contributed by atoms with Gasteiger partial charge in [0, 0.05) is 18.1 Å². The van der Waals surface area contributed by atoms with Gasteiger partial charge in [-0.3, -0.25) is 14.9 Å². The molecule has 0 atom stereocenters. The van der Waals surface area contributed by atoms with Gasteiger partial charge in [-0.25, -0.2) is 0 Å². The molecular formula is C13H13NO4. The average Bonchev–Trinajstić information content (AvgIpc) is 2.34. The van der Waals surface area contributed by atoms with Gasteiger partial charge in [-0.2, -0.15) is 0 Å². The lowest BCUT2D eigenvalue weighted by Crippen LogP contribution is -2.03. The molecule has 94 valence electrons. The number of nitrogens with zero attached hydrogens (tertiary/aromatic N) is 1. The van der Waals surface area contributed by atoms with E-state index in [-0.39, 0.29) is 17.2 Å². The van der Waals surface area contributed by atoms with Gasteiger partial charge in [0.25, 0.3) is 0 Å². The highest BCUT2D eigenvalue weighted by Crippen LogP contribution is 2.30. The Bertz CT molecular complexity index is 552. The maximum absolute atomic E-state index is 11.5. The normalized spacial score (nSPS) is 9.28. The zero-order valence-corrected chi connectivity index (χ0v) is 10.4. The van der Waals surface area contributed by atoms with Crippen LogP contribution < -0.4 is 4.74 Å². The van der Waals surface area contributed by atoms with E-state index in [1.165, 1.54) is 26.2 Å². The summed E-state index contributed by atoms with van der Waals surface area (Å²) in [4.78, 5) is 21.8. The second-order valence-electron chi connectivity index (χ2n) is 3.60. The number of nitro benzene ring substituents is 1. The molecule has 0 aliphatic rings. The van der Waals surface area contributed by atoms with Crippen molar-refractivity contribution in [3.63, 3.8) is 0 Å². The molecule has 0 amide bonds. The predicted octanol–water partition coefficient (Wildman–Crippen LogP) is 2.37. The summed E-state index contributed by atoms with van der Waals surface area (Å²) < 4.78 is 4.96. The summed E-state index contributed by atoms with van der Waals surface area (Å²) in [6, 6.07) is 2.74. The largest absolute Gasteiger partial charge is 0.490 e. The summed E-state index contributed by atoms with van der Waals surface area (Å²) in [5.41, 5.74) is 0.737. The van der Waals surface area contributed by atoms with Crippen LogP contribution in [0, 0.1) is 22.0 Å². The molecule has 0 saturated heterocycles. The van der Waals surface area contributed by atoms with Crippen LogP contribution in [0.25, 0.3) is 0 Å². The number of rotatable bonds is 4. The van der Waals surface area contributed by atoms with E-state index in [0.717, 1.165) is 0 Å². The third kappa shape index (κ3) is 2.86. The van der Waals surface area contributed by atoms with Crippen molar-refractivity contribution >= 4 is 11.5 Å².